The van der Waals surface area contributed by atoms with Crippen LogP contribution in [0, 0.1) is 0 Å². The Morgan fingerprint density at radius 2 is 1.20 bits per heavy atom. The summed E-state index contributed by atoms with van der Waals surface area (Å²) < 4.78 is 0. The van der Waals surface area contributed by atoms with E-state index >= 15 is 0 Å². The number of rotatable bonds is 2. The van der Waals surface area contributed by atoms with Crippen molar-refractivity contribution < 1.29 is 0 Å². The molecule has 0 heteroatoms. The molecule has 0 aliphatic heterocycles. The minimum Gasteiger partial charge on any atom is -0.0918 e. The molecule has 0 saturated carbocycles. The lowest BCUT2D eigenvalue weighted by atomic mass is 10.1. The fourth-order valence-electron chi connectivity index (χ4n) is 0.783. The summed E-state index contributed by atoms with van der Waals surface area (Å²) in [6.07, 6.45) is 4.15. The predicted octanol–water partition coefficient (Wildman–Crippen LogP) is 3.48. The van der Waals surface area contributed by atoms with Crippen LogP contribution in [0.15, 0.2) is 35.5 Å². The third kappa shape index (κ3) is 5.36. The van der Waals surface area contributed by atoms with Gasteiger partial charge in [0.05, 0.1) is 0 Å². The van der Waals surface area contributed by atoms with Gasteiger partial charge in [-0.15, -0.1) is 0 Å². The molecule has 0 bridgehead atoms. The molecule has 0 aliphatic rings. The molecule has 0 nitrogen and oxygen atoms in total. The summed E-state index contributed by atoms with van der Waals surface area (Å²) in [4.78, 5) is 0. The fourth-order valence-corrected chi connectivity index (χ4v) is 0.783. The summed E-state index contributed by atoms with van der Waals surface area (Å²) >= 11 is 0. The Morgan fingerprint density at radius 1 is 0.900 bits per heavy atom. The van der Waals surface area contributed by atoms with E-state index < -0.39 is 0 Å². The normalized spacial score (nSPS) is 8.40. The maximum absolute atomic E-state index is 3.88. The van der Waals surface area contributed by atoms with E-state index in [0.29, 0.717) is 0 Å². The summed E-state index contributed by atoms with van der Waals surface area (Å²) in [6.45, 7) is 12.2. The Hall–Kier alpha value is -0.780. The van der Waals surface area contributed by atoms with Crippen molar-refractivity contribution in [2.24, 2.45) is 0 Å². The van der Waals surface area contributed by atoms with Crippen LogP contribution in [0.2, 0.25) is 0 Å². The molecule has 0 fully saturated rings. The van der Waals surface area contributed by atoms with Crippen molar-refractivity contribution in [1.82, 2.24) is 0 Å². The molecule has 10 heavy (non-hydrogen) atoms. The lowest BCUT2D eigenvalue weighted by molar-refractivity contribution is 1.35. The first-order valence-electron chi connectivity index (χ1n) is 3.51. The summed E-state index contributed by atoms with van der Waals surface area (Å²) in [5, 5.41) is 0. The van der Waals surface area contributed by atoms with Crippen molar-refractivity contribution in [2.45, 2.75) is 27.7 Å². The molecule has 56 valence electrons. The Bertz CT molecular complexity index is 152. The van der Waals surface area contributed by atoms with Crippen molar-refractivity contribution in [1.29, 1.82) is 0 Å². The van der Waals surface area contributed by atoms with E-state index in [2.05, 4.69) is 46.4 Å². The molecule has 0 heterocycles. The molecule has 0 aromatic carbocycles. The standard InChI is InChI=1S/C10H16/c1-8(2)6-10(5)7-9(3)4/h6-7H,5H2,1-4H3. The van der Waals surface area contributed by atoms with E-state index in [1.54, 1.807) is 0 Å². The highest BCUT2D eigenvalue weighted by Crippen LogP contribution is 2.03. The van der Waals surface area contributed by atoms with Crippen LogP contribution in [0.1, 0.15) is 27.7 Å². The largest absolute Gasteiger partial charge is 0.0918 e. The number of hydrogen-bond donors (Lipinski definition) is 0. The quantitative estimate of drug-likeness (QED) is 0.510. The summed E-state index contributed by atoms with van der Waals surface area (Å²) in [5.41, 5.74) is 3.67. The van der Waals surface area contributed by atoms with Crippen LogP contribution in [-0.4, -0.2) is 0 Å². The zero-order valence-corrected chi connectivity index (χ0v) is 7.36. The average Bonchev–Trinajstić information content (AvgIpc) is 1.58. The SMILES string of the molecule is C=C(C=C(C)C)C=C(C)C. The zero-order valence-electron chi connectivity index (χ0n) is 7.36. The Morgan fingerprint density at radius 3 is 1.40 bits per heavy atom. The van der Waals surface area contributed by atoms with Crippen LogP contribution in [0.5, 0.6) is 0 Å². The lowest BCUT2D eigenvalue weighted by Gasteiger charge is -1.92. The van der Waals surface area contributed by atoms with Crippen molar-refractivity contribution in [3.8, 4) is 0 Å². The van der Waals surface area contributed by atoms with E-state index in [-0.39, 0.29) is 0 Å². The predicted molar refractivity (Wildman–Crippen MR) is 48.0 cm³/mol. The second-order valence-electron chi connectivity index (χ2n) is 3.02. The summed E-state index contributed by atoms with van der Waals surface area (Å²) in [5.74, 6) is 0. The molecule has 0 radical (unpaired) electrons. The minimum absolute atomic E-state index is 1.08. The van der Waals surface area contributed by atoms with Gasteiger partial charge in [0, 0.05) is 0 Å². The van der Waals surface area contributed by atoms with Gasteiger partial charge in [0.2, 0.25) is 0 Å². The molecule has 0 unspecified atom stereocenters. The van der Waals surface area contributed by atoms with E-state index in [4.69, 9.17) is 0 Å². The maximum Gasteiger partial charge on any atom is -0.0330 e. The molecule has 0 rings (SSSR count). The topological polar surface area (TPSA) is 0 Å². The first-order chi connectivity index (χ1) is 4.52. The zero-order chi connectivity index (χ0) is 8.15. The van der Waals surface area contributed by atoms with Gasteiger partial charge < -0.3 is 0 Å². The van der Waals surface area contributed by atoms with Crippen LogP contribution in [0.3, 0.4) is 0 Å². The monoisotopic (exact) mass is 136 g/mol. The molecule has 0 amide bonds. The molecule has 0 spiro atoms. The van der Waals surface area contributed by atoms with Gasteiger partial charge in [-0.05, 0) is 33.3 Å². The van der Waals surface area contributed by atoms with Crippen LogP contribution < -0.4 is 0 Å². The van der Waals surface area contributed by atoms with Gasteiger partial charge in [-0.2, -0.15) is 0 Å². The highest BCUT2D eigenvalue weighted by molar-refractivity contribution is 5.31. The van der Waals surface area contributed by atoms with E-state index in [1.807, 2.05) is 0 Å². The van der Waals surface area contributed by atoms with Crippen molar-refractivity contribution in [3.05, 3.63) is 35.5 Å². The maximum atomic E-state index is 3.88. The first kappa shape index (κ1) is 9.22. The fraction of sp³-hybridized carbons (Fsp3) is 0.400. The van der Waals surface area contributed by atoms with Gasteiger partial charge >= 0.3 is 0 Å². The summed E-state index contributed by atoms with van der Waals surface area (Å²) in [6, 6.07) is 0. The molecule has 0 saturated heterocycles. The van der Waals surface area contributed by atoms with Gasteiger partial charge in [-0.1, -0.05) is 29.9 Å². The molecule has 0 atom stereocenters. The van der Waals surface area contributed by atoms with Crippen LogP contribution in [0.25, 0.3) is 0 Å². The van der Waals surface area contributed by atoms with Gasteiger partial charge in [0.1, 0.15) is 0 Å². The van der Waals surface area contributed by atoms with Gasteiger partial charge in [0.15, 0.2) is 0 Å². The Labute approximate surface area is 64.0 Å². The molecular formula is C10H16. The van der Waals surface area contributed by atoms with E-state index in [9.17, 15) is 0 Å². The molecule has 0 aliphatic carbocycles. The third-order valence-electron chi connectivity index (χ3n) is 0.948. The van der Waals surface area contributed by atoms with Gasteiger partial charge in [-0.25, -0.2) is 0 Å². The minimum atomic E-state index is 1.08. The highest BCUT2D eigenvalue weighted by atomic mass is 13.9. The Kier molecular flexibility index (Phi) is 3.78. The third-order valence-corrected chi connectivity index (χ3v) is 0.948. The van der Waals surface area contributed by atoms with Crippen molar-refractivity contribution in [2.75, 3.05) is 0 Å². The highest BCUT2D eigenvalue weighted by Gasteiger charge is 1.82. The van der Waals surface area contributed by atoms with Crippen LogP contribution in [0.4, 0.5) is 0 Å². The Balaban J connectivity index is 4.14. The second-order valence-corrected chi connectivity index (χ2v) is 3.02. The van der Waals surface area contributed by atoms with Gasteiger partial charge in [-0.3, -0.25) is 0 Å². The van der Waals surface area contributed by atoms with E-state index in [0.717, 1.165) is 5.57 Å². The van der Waals surface area contributed by atoms with Crippen molar-refractivity contribution in [3.63, 3.8) is 0 Å². The van der Waals surface area contributed by atoms with Crippen LogP contribution in [-0.2, 0) is 0 Å². The number of allylic oxidation sites excluding steroid dienone is 5. The first-order valence-corrected chi connectivity index (χ1v) is 3.51. The molecule has 0 N–H and O–H groups in total. The molecular weight excluding hydrogens is 120 g/mol. The van der Waals surface area contributed by atoms with Crippen molar-refractivity contribution >= 4 is 0 Å². The van der Waals surface area contributed by atoms with E-state index in [1.165, 1.54) is 11.1 Å². The molecule has 0 aromatic rings. The second kappa shape index (κ2) is 4.10. The van der Waals surface area contributed by atoms with Crippen LogP contribution >= 0.6 is 0 Å². The smallest absolute Gasteiger partial charge is 0.0330 e. The van der Waals surface area contributed by atoms with Gasteiger partial charge in [0.25, 0.3) is 0 Å². The molecule has 0 aromatic heterocycles. The number of hydrogen-bond acceptors (Lipinski definition) is 0. The average molecular weight is 136 g/mol. The summed E-state index contributed by atoms with van der Waals surface area (Å²) in [7, 11) is 0. The lowest BCUT2D eigenvalue weighted by Crippen LogP contribution is -1.72.